The van der Waals surface area contributed by atoms with Crippen molar-refractivity contribution in [2.75, 3.05) is 31.1 Å². The first-order valence-corrected chi connectivity index (χ1v) is 7.66. The molecule has 1 aromatic rings. The predicted molar refractivity (Wildman–Crippen MR) is 83.9 cm³/mol. The Morgan fingerprint density at radius 1 is 1.25 bits per heavy atom. The highest BCUT2D eigenvalue weighted by molar-refractivity contribution is 6.31. The normalized spacial score (nSPS) is 23.4. The monoisotopic (exact) mass is 292 g/mol. The third-order valence-electron chi connectivity index (χ3n) is 4.39. The zero-order valence-corrected chi connectivity index (χ0v) is 12.4. The number of halogens is 1. The molecule has 2 fully saturated rings. The molecule has 108 valence electrons. The molecule has 3 N–H and O–H groups in total. The Morgan fingerprint density at radius 3 is 2.85 bits per heavy atom. The maximum absolute atomic E-state index is 7.78. The van der Waals surface area contributed by atoms with Gasteiger partial charge in [-0.15, -0.1) is 0 Å². The van der Waals surface area contributed by atoms with Crippen LogP contribution in [0, 0.1) is 5.41 Å². The summed E-state index contributed by atoms with van der Waals surface area (Å²) in [6.07, 6.45) is 3.74. The molecule has 2 aliphatic heterocycles. The Morgan fingerprint density at radius 2 is 2.05 bits per heavy atom. The molecule has 0 radical (unpaired) electrons. The van der Waals surface area contributed by atoms with Crippen LogP contribution in [0.5, 0.6) is 0 Å². The van der Waals surface area contributed by atoms with E-state index >= 15 is 0 Å². The molecule has 2 heterocycles. The molecular formula is C15H21ClN4. The number of hydrogen-bond acceptors (Lipinski definition) is 3. The molecule has 0 aromatic heterocycles. The van der Waals surface area contributed by atoms with Crippen molar-refractivity contribution in [2.24, 2.45) is 5.73 Å². The van der Waals surface area contributed by atoms with Crippen LogP contribution < -0.4 is 10.6 Å². The number of nitrogen functional groups attached to an aromatic ring is 1. The van der Waals surface area contributed by atoms with Crippen LogP contribution in [0.2, 0.25) is 5.02 Å². The lowest BCUT2D eigenvalue weighted by Gasteiger charge is -2.29. The first-order chi connectivity index (χ1) is 9.65. The second-order valence-electron chi connectivity index (χ2n) is 5.71. The lowest BCUT2D eigenvalue weighted by atomic mass is 10.1. The van der Waals surface area contributed by atoms with Crippen LogP contribution in [0.3, 0.4) is 0 Å². The van der Waals surface area contributed by atoms with Gasteiger partial charge in [0.1, 0.15) is 5.84 Å². The smallest absolute Gasteiger partial charge is 0.124 e. The van der Waals surface area contributed by atoms with Gasteiger partial charge < -0.3 is 10.6 Å². The summed E-state index contributed by atoms with van der Waals surface area (Å²) in [6.45, 7) is 4.47. The van der Waals surface area contributed by atoms with Crippen LogP contribution in [0.4, 0.5) is 5.69 Å². The summed E-state index contributed by atoms with van der Waals surface area (Å²) in [5.41, 5.74) is 7.53. The maximum atomic E-state index is 7.78. The van der Waals surface area contributed by atoms with E-state index in [2.05, 4.69) is 9.80 Å². The highest BCUT2D eigenvalue weighted by atomic mass is 35.5. The summed E-state index contributed by atoms with van der Waals surface area (Å²) in [4.78, 5) is 4.98. The van der Waals surface area contributed by atoms with Crippen molar-refractivity contribution in [3.63, 3.8) is 0 Å². The van der Waals surface area contributed by atoms with Gasteiger partial charge in [-0.3, -0.25) is 10.3 Å². The maximum Gasteiger partial charge on any atom is 0.124 e. The zero-order chi connectivity index (χ0) is 14.1. The summed E-state index contributed by atoms with van der Waals surface area (Å²) in [5.74, 6) is 0.0926. The molecule has 3 rings (SSSR count). The highest BCUT2D eigenvalue weighted by Gasteiger charge is 2.29. The minimum atomic E-state index is 0.0926. The zero-order valence-electron chi connectivity index (χ0n) is 11.6. The largest absolute Gasteiger partial charge is 0.384 e. The second-order valence-corrected chi connectivity index (χ2v) is 6.14. The van der Waals surface area contributed by atoms with Crippen molar-refractivity contribution < 1.29 is 0 Å². The molecule has 0 aliphatic carbocycles. The number of nitrogens with one attached hydrogen (secondary N) is 1. The fourth-order valence-electron chi connectivity index (χ4n) is 3.43. The molecule has 1 atom stereocenters. The molecule has 20 heavy (non-hydrogen) atoms. The van der Waals surface area contributed by atoms with Crippen LogP contribution >= 0.6 is 11.6 Å². The number of nitrogens with two attached hydrogens (primary N) is 1. The van der Waals surface area contributed by atoms with Crippen molar-refractivity contribution in [3.8, 4) is 0 Å². The average Bonchev–Trinajstić information content (AvgIpc) is 2.76. The Bertz CT molecular complexity index is 517. The first-order valence-electron chi connectivity index (χ1n) is 7.28. The lowest BCUT2D eigenvalue weighted by Crippen LogP contribution is -2.37. The minimum absolute atomic E-state index is 0.0926. The molecule has 0 saturated carbocycles. The van der Waals surface area contributed by atoms with Crippen molar-refractivity contribution >= 4 is 23.1 Å². The van der Waals surface area contributed by atoms with Crippen molar-refractivity contribution in [1.29, 1.82) is 5.41 Å². The third kappa shape index (κ3) is 2.63. The fourth-order valence-corrected chi connectivity index (χ4v) is 3.60. The van der Waals surface area contributed by atoms with Gasteiger partial charge in [-0.05, 0) is 44.0 Å². The molecule has 2 saturated heterocycles. The van der Waals surface area contributed by atoms with Gasteiger partial charge in [0, 0.05) is 41.9 Å². The minimum Gasteiger partial charge on any atom is -0.384 e. The molecule has 2 aliphatic rings. The van der Waals surface area contributed by atoms with E-state index in [-0.39, 0.29) is 5.84 Å². The first kappa shape index (κ1) is 13.7. The summed E-state index contributed by atoms with van der Waals surface area (Å²) in [7, 11) is 0. The number of hydrogen-bond donors (Lipinski definition) is 2. The molecule has 1 aromatic carbocycles. The van der Waals surface area contributed by atoms with E-state index in [1.54, 1.807) is 6.07 Å². The molecule has 0 bridgehead atoms. The summed E-state index contributed by atoms with van der Waals surface area (Å²) in [5, 5.41) is 8.41. The van der Waals surface area contributed by atoms with E-state index in [4.69, 9.17) is 22.7 Å². The van der Waals surface area contributed by atoms with Gasteiger partial charge in [-0.1, -0.05) is 11.6 Å². The standard InChI is InChI=1S/C15H21ClN4/c16-11-4-5-14(13(9-11)15(17)18)20-8-2-7-19-6-1-3-12(19)10-20/h4-5,9,12H,1-3,6-8,10H2,(H3,17,18). The fraction of sp³-hybridized carbons (Fsp3) is 0.533. The van der Waals surface area contributed by atoms with E-state index in [0.29, 0.717) is 11.1 Å². The summed E-state index contributed by atoms with van der Waals surface area (Å²) >= 11 is 6.04. The number of anilines is 1. The number of benzene rings is 1. The lowest BCUT2D eigenvalue weighted by molar-refractivity contribution is 0.273. The van der Waals surface area contributed by atoms with Crippen molar-refractivity contribution in [2.45, 2.75) is 25.3 Å². The summed E-state index contributed by atoms with van der Waals surface area (Å²) in [6, 6.07) is 6.34. The Balaban J connectivity index is 1.89. The van der Waals surface area contributed by atoms with Crippen molar-refractivity contribution in [3.05, 3.63) is 28.8 Å². The molecular weight excluding hydrogens is 272 g/mol. The van der Waals surface area contributed by atoms with Crippen LogP contribution in [0.15, 0.2) is 18.2 Å². The van der Waals surface area contributed by atoms with Gasteiger partial charge in [0.2, 0.25) is 0 Å². The predicted octanol–water partition coefficient (Wildman–Crippen LogP) is 2.30. The molecule has 1 unspecified atom stereocenters. The molecule has 4 nitrogen and oxygen atoms in total. The van der Waals surface area contributed by atoms with Gasteiger partial charge in [0.15, 0.2) is 0 Å². The van der Waals surface area contributed by atoms with Gasteiger partial charge in [-0.2, -0.15) is 0 Å². The molecule has 0 amide bonds. The van der Waals surface area contributed by atoms with Gasteiger partial charge >= 0.3 is 0 Å². The van der Waals surface area contributed by atoms with Gasteiger partial charge in [0.25, 0.3) is 0 Å². The van der Waals surface area contributed by atoms with E-state index < -0.39 is 0 Å². The number of nitrogens with zero attached hydrogens (tertiary/aromatic N) is 2. The van der Waals surface area contributed by atoms with Crippen LogP contribution in [0.1, 0.15) is 24.8 Å². The third-order valence-corrected chi connectivity index (χ3v) is 4.63. The van der Waals surface area contributed by atoms with E-state index in [1.165, 1.54) is 25.9 Å². The van der Waals surface area contributed by atoms with E-state index in [1.807, 2.05) is 12.1 Å². The van der Waals surface area contributed by atoms with Crippen molar-refractivity contribution in [1.82, 2.24) is 4.90 Å². The second kappa shape index (κ2) is 5.62. The Hall–Kier alpha value is -1.26. The van der Waals surface area contributed by atoms with Crippen LogP contribution in [-0.4, -0.2) is 43.0 Å². The average molecular weight is 293 g/mol. The van der Waals surface area contributed by atoms with Gasteiger partial charge in [0.05, 0.1) is 0 Å². The quantitative estimate of drug-likeness (QED) is 0.649. The highest BCUT2D eigenvalue weighted by Crippen LogP contribution is 2.28. The van der Waals surface area contributed by atoms with E-state index in [9.17, 15) is 0 Å². The van der Waals surface area contributed by atoms with Gasteiger partial charge in [-0.25, -0.2) is 0 Å². The number of rotatable bonds is 2. The Labute approximate surface area is 125 Å². The Kier molecular flexibility index (Phi) is 3.85. The SMILES string of the molecule is N=C(N)c1cc(Cl)ccc1N1CCCN2CCCC2C1. The molecule has 0 spiro atoms. The number of fused-ring (bicyclic) bond motifs is 1. The van der Waals surface area contributed by atoms with E-state index in [0.717, 1.165) is 30.8 Å². The van der Waals surface area contributed by atoms with Crippen LogP contribution in [0.25, 0.3) is 0 Å². The molecule has 5 heteroatoms. The van der Waals surface area contributed by atoms with Crippen LogP contribution in [-0.2, 0) is 0 Å². The summed E-state index contributed by atoms with van der Waals surface area (Å²) < 4.78 is 0. The topological polar surface area (TPSA) is 56.4 Å². The number of amidine groups is 1.